The summed E-state index contributed by atoms with van der Waals surface area (Å²) in [5.74, 6) is -38.8. The highest BCUT2D eigenvalue weighted by Crippen LogP contribution is 2.60. The third kappa shape index (κ3) is 22.9. The number of ether oxygens (including phenoxy) is 21. The standard InChI is InChI=1S/C68H58O37/c1-27(69)85-43-17-50(89-31(5)73)61(51(18-43)90-32(6)74)103-46-23-49(88-30(4)72)60(96-38(12)80)54(24-46)104-65-57(25-55(93-35(9)77)63(97-39(13)81)67(65)99-41(15)83)101-45-21-52(91-33(7)75)62(53(22-45)92-34(8)76)105-66-58(26-56(94-36(10)78)64(98-40(14)82)68(66)100-42(16)84)102-44-19-47(86-28(2)70)59(95-37(11)79)48(20-44)87-29(3)71/h17-26H,1-16H3. The van der Waals surface area contributed by atoms with Crippen LogP contribution in [-0.2, 0) is 76.7 Å². The zero-order valence-electron chi connectivity index (χ0n) is 57.9. The van der Waals surface area contributed by atoms with Crippen LogP contribution < -0.4 is 99.5 Å². The van der Waals surface area contributed by atoms with E-state index < -0.39 is 239 Å². The first-order valence-electron chi connectivity index (χ1n) is 29.6. The fourth-order valence-electron chi connectivity index (χ4n) is 8.49. The van der Waals surface area contributed by atoms with Crippen molar-refractivity contribution in [3.63, 3.8) is 0 Å². The van der Waals surface area contributed by atoms with Crippen molar-refractivity contribution in [1.82, 2.24) is 0 Å². The second-order valence-electron chi connectivity index (χ2n) is 20.7. The molecule has 105 heavy (non-hydrogen) atoms. The molecule has 0 saturated heterocycles. The fourth-order valence-corrected chi connectivity index (χ4v) is 8.49. The fraction of sp³-hybridized carbons (Fsp3) is 0.235. The van der Waals surface area contributed by atoms with Crippen molar-refractivity contribution >= 4 is 95.5 Å². The third-order valence-electron chi connectivity index (χ3n) is 11.3. The van der Waals surface area contributed by atoms with Crippen molar-refractivity contribution in [2.45, 2.75) is 111 Å². The zero-order chi connectivity index (χ0) is 78.2. The zero-order valence-corrected chi connectivity index (χ0v) is 57.9. The predicted octanol–water partition coefficient (Wildman–Crippen LogP) is 9.45. The molecule has 0 amide bonds. The molecule has 0 fully saturated rings. The maximum absolute atomic E-state index is 13.4. The molecule has 0 atom stereocenters. The van der Waals surface area contributed by atoms with E-state index in [2.05, 4.69) is 0 Å². The van der Waals surface area contributed by atoms with E-state index in [-0.39, 0.29) is 5.75 Å². The monoisotopic (exact) mass is 1470 g/mol. The predicted molar refractivity (Wildman–Crippen MR) is 340 cm³/mol. The number of benzene rings is 6. The molecule has 0 aliphatic rings. The minimum absolute atomic E-state index is 0.362. The Kier molecular flexibility index (Phi) is 26.4. The lowest BCUT2D eigenvalue weighted by molar-refractivity contribution is -0.135. The molecule has 0 aromatic heterocycles. The van der Waals surface area contributed by atoms with E-state index in [1.807, 2.05) is 0 Å². The van der Waals surface area contributed by atoms with Crippen molar-refractivity contribution < 1.29 is 176 Å². The molecule has 6 aromatic carbocycles. The van der Waals surface area contributed by atoms with Gasteiger partial charge in [-0.15, -0.1) is 0 Å². The maximum Gasteiger partial charge on any atom is 0.308 e. The van der Waals surface area contributed by atoms with Crippen molar-refractivity contribution in [3.05, 3.63) is 60.7 Å². The van der Waals surface area contributed by atoms with Gasteiger partial charge < -0.3 is 99.5 Å². The second kappa shape index (κ2) is 34.8. The number of hydrogen-bond donors (Lipinski definition) is 0. The maximum atomic E-state index is 13.4. The number of rotatable bonds is 26. The summed E-state index contributed by atoms with van der Waals surface area (Å²) in [4.78, 5) is 205. The first-order chi connectivity index (χ1) is 49.1. The molecule has 0 unspecified atom stereocenters. The summed E-state index contributed by atoms with van der Waals surface area (Å²) in [5, 5.41) is 0. The van der Waals surface area contributed by atoms with E-state index >= 15 is 0 Å². The third-order valence-corrected chi connectivity index (χ3v) is 11.3. The van der Waals surface area contributed by atoms with Crippen LogP contribution in [0.3, 0.4) is 0 Å². The van der Waals surface area contributed by atoms with Crippen LogP contribution in [-0.4, -0.2) is 95.5 Å². The van der Waals surface area contributed by atoms with E-state index in [0.717, 1.165) is 171 Å². The summed E-state index contributed by atoms with van der Waals surface area (Å²) in [6.07, 6.45) is 0. The number of carbonyl (C=O) groups is 16. The van der Waals surface area contributed by atoms with E-state index in [1.165, 1.54) is 0 Å². The molecule has 0 N–H and O–H groups in total. The van der Waals surface area contributed by atoms with Crippen LogP contribution >= 0.6 is 0 Å². The van der Waals surface area contributed by atoms with Gasteiger partial charge in [0.05, 0.1) is 0 Å². The average Bonchev–Trinajstić information content (AvgIpc) is 0.792. The largest absolute Gasteiger partial charge is 0.453 e. The molecule has 6 aromatic rings. The minimum atomic E-state index is -1.27. The Morgan fingerprint density at radius 3 is 0.600 bits per heavy atom. The number of esters is 16. The van der Waals surface area contributed by atoms with Gasteiger partial charge >= 0.3 is 95.5 Å². The van der Waals surface area contributed by atoms with Crippen molar-refractivity contribution in [3.8, 4) is 149 Å². The molecule has 0 aliphatic carbocycles. The molecule has 37 nitrogen and oxygen atoms in total. The van der Waals surface area contributed by atoms with Gasteiger partial charge in [-0.05, 0) is 0 Å². The summed E-state index contributed by atoms with van der Waals surface area (Å²) in [5.41, 5.74) is 0. The lowest BCUT2D eigenvalue weighted by Gasteiger charge is -2.23. The summed E-state index contributed by atoms with van der Waals surface area (Å²) < 4.78 is 118. The summed E-state index contributed by atoms with van der Waals surface area (Å²) in [7, 11) is 0. The van der Waals surface area contributed by atoms with Crippen LogP contribution in [0.5, 0.6) is 149 Å². The van der Waals surface area contributed by atoms with Gasteiger partial charge in [-0.25, -0.2) is 0 Å². The normalized spacial score (nSPS) is 10.3. The molecule has 0 aliphatic heterocycles. The molecule has 0 spiro atoms. The van der Waals surface area contributed by atoms with Crippen molar-refractivity contribution in [1.29, 1.82) is 0 Å². The van der Waals surface area contributed by atoms with E-state index in [0.29, 0.717) is 0 Å². The molecule has 0 saturated carbocycles. The molecule has 0 bridgehead atoms. The molecule has 0 radical (unpaired) electrons. The molecule has 552 valence electrons. The van der Waals surface area contributed by atoms with Crippen LogP contribution in [0.15, 0.2) is 60.7 Å². The van der Waals surface area contributed by atoms with Crippen LogP contribution in [0, 0.1) is 0 Å². The summed E-state index contributed by atoms with van der Waals surface area (Å²) in [6.45, 7) is 14.2. The number of hydrogen-bond acceptors (Lipinski definition) is 37. The smallest absolute Gasteiger partial charge is 0.308 e. The van der Waals surface area contributed by atoms with Gasteiger partial charge in [-0.2, -0.15) is 0 Å². The van der Waals surface area contributed by atoms with Gasteiger partial charge in [0, 0.05) is 171 Å². The van der Waals surface area contributed by atoms with Crippen LogP contribution in [0.25, 0.3) is 0 Å². The Hall–Kier alpha value is -14.2. The quantitative estimate of drug-likeness (QED) is 0.0360. The van der Waals surface area contributed by atoms with Gasteiger partial charge in [-0.3, -0.25) is 76.7 Å². The minimum Gasteiger partial charge on any atom is -0.453 e. The van der Waals surface area contributed by atoms with Gasteiger partial charge in [-0.1, -0.05) is 0 Å². The second-order valence-corrected chi connectivity index (χ2v) is 20.7. The Labute approximate surface area is 590 Å². The molecule has 0 heterocycles. The lowest BCUT2D eigenvalue weighted by atomic mass is 10.2. The van der Waals surface area contributed by atoms with E-state index in [1.54, 1.807) is 0 Å². The first kappa shape index (κ1) is 79.8. The highest BCUT2D eigenvalue weighted by atomic mass is 16.7. The van der Waals surface area contributed by atoms with E-state index in [9.17, 15) is 76.7 Å². The summed E-state index contributed by atoms with van der Waals surface area (Å²) >= 11 is 0. The van der Waals surface area contributed by atoms with Gasteiger partial charge in [0.2, 0.25) is 57.5 Å². The Balaban J connectivity index is 1.78. The highest BCUT2D eigenvalue weighted by Gasteiger charge is 2.36. The molecular formula is C68H58O37. The first-order valence-corrected chi connectivity index (χ1v) is 29.6. The van der Waals surface area contributed by atoms with Gasteiger partial charge in [0.25, 0.3) is 0 Å². The van der Waals surface area contributed by atoms with Gasteiger partial charge in [0.1, 0.15) is 23.0 Å². The highest BCUT2D eigenvalue weighted by molar-refractivity contribution is 5.87. The van der Waals surface area contributed by atoms with Crippen molar-refractivity contribution in [2.75, 3.05) is 0 Å². The SMILES string of the molecule is CC(=O)Oc1cc(OC(C)=O)c(Oc2cc(OC(C)=O)c(OC(C)=O)c(Oc3c(Oc4cc(OC(C)=O)c(Oc5c(Oc6cc(OC(C)=O)c(OC(C)=O)c(OC(C)=O)c6)cc(OC(C)=O)c(OC(C)=O)c5OC(C)=O)c(OC(C)=O)c4)cc(OC(C)=O)c(OC(C)=O)c3OC(C)=O)c2)c(OC(C)=O)c1. The van der Waals surface area contributed by atoms with E-state index in [4.69, 9.17) is 99.5 Å². The van der Waals surface area contributed by atoms with Crippen LogP contribution in [0.2, 0.25) is 0 Å². The molecule has 37 heteroatoms. The van der Waals surface area contributed by atoms with Crippen LogP contribution in [0.4, 0.5) is 0 Å². The molecular weight excluding hydrogens is 1410 g/mol. The van der Waals surface area contributed by atoms with Crippen LogP contribution in [0.1, 0.15) is 111 Å². The van der Waals surface area contributed by atoms with Crippen molar-refractivity contribution in [2.24, 2.45) is 0 Å². The summed E-state index contributed by atoms with van der Waals surface area (Å²) in [6, 6.07) is 8.43. The van der Waals surface area contributed by atoms with Gasteiger partial charge in [0.15, 0.2) is 69.0 Å². The molecule has 6 rings (SSSR count). The lowest BCUT2D eigenvalue weighted by Crippen LogP contribution is -2.13. The average molecular weight is 1470 g/mol. The Bertz CT molecular complexity index is 4540. The Morgan fingerprint density at radius 1 is 0.143 bits per heavy atom. The Morgan fingerprint density at radius 2 is 0.324 bits per heavy atom. The topological polar surface area (TPSA) is 467 Å². The number of carbonyl (C=O) groups excluding carboxylic acids is 16.